The molecule has 0 radical (unpaired) electrons. The minimum absolute atomic E-state index is 0.385. The smallest absolute Gasteiger partial charge is 0.352 e. The van der Waals surface area contributed by atoms with Gasteiger partial charge in [-0.1, -0.05) is 13.8 Å². The quantitative estimate of drug-likeness (QED) is 0.739. The lowest BCUT2D eigenvalue weighted by Gasteiger charge is -2.07. The van der Waals surface area contributed by atoms with Gasteiger partial charge in [0.05, 0.1) is 0 Å². The van der Waals surface area contributed by atoms with Crippen molar-refractivity contribution in [1.82, 2.24) is 4.98 Å². The van der Waals surface area contributed by atoms with Gasteiger partial charge in [0.25, 0.3) is 0 Å². The van der Waals surface area contributed by atoms with Crippen LogP contribution in [0.25, 0.3) is 0 Å². The van der Waals surface area contributed by atoms with E-state index < -0.39 is 5.97 Å². The summed E-state index contributed by atoms with van der Waals surface area (Å²) in [7, 11) is 0. The Morgan fingerprint density at radius 1 is 1.53 bits per heavy atom. The predicted octanol–water partition coefficient (Wildman–Crippen LogP) is 2.32. The molecule has 1 aromatic rings. The van der Waals surface area contributed by atoms with Gasteiger partial charge in [0.1, 0.15) is 5.69 Å². The normalized spacial score (nSPS) is 29.8. The third-order valence-corrected chi connectivity index (χ3v) is 4.38. The lowest BCUT2D eigenvalue weighted by Crippen LogP contribution is -2.00. The number of H-pyrrole nitrogens is 1. The van der Waals surface area contributed by atoms with Gasteiger partial charge in [-0.2, -0.15) is 0 Å². The highest BCUT2D eigenvalue weighted by Gasteiger charge is 2.63. The summed E-state index contributed by atoms with van der Waals surface area (Å²) in [5.74, 6) is 0.494. The van der Waals surface area contributed by atoms with Crippen LogP contribution in [-0.2, 0) is 6.42 Å². The number of carbonyl (C=O) groups is 1. The molecule has 2 aliphatic rings. The van der Waals surface area contributed by atoms with E-state index in [4.69, 9.17) is 5.11 Å². The first-order chi connectivity index (χ1) is 6.94. The number of nitrogens with one attached hydrogen (secondary N) is 1. The molecule has 2 aliphatic carbocycles. The van der Waals surface area contributed by atoms with E-state index >= 15 is 0 Å². The molecular formula is C12H15NO2. The lowest BCUT2D eigenvalue weighted by atomic mass is 9.97. The highest BCUT2D eigenvalue weighted by Crippen LogP contribution is 2.70. The number of carboxylic acid groups (broad SMARTS) is 1. The van der Waals surface area contributed by atoms with Crippen molar-refractivity contribution in [2.75, 3.05) is 0 Å². The van der Waals surface area contributed by atoms with Gasteiger partial charge in [0.2, 0.25) is 0 Å². The van der Waals surface area contributed by atoms with Crippen LogP contribution < -0.4 is 0 Å². The predicted molar refractivity (Wildman–Crippen MR) is 56.2 cm³/mol. The van der Waals surface area contributed by atoms with E-state index in [9.17, 15) is 4.79 Å². The fourth-order valence-corrected chi connectivity index (χ4v) is 3.39. The van der Waals surface area contributed by atoms with Crippen molar-refractivity contribution in [3.63, 3.8) is 0 Å². The average Bonchev–Trinajstić information content (AvgIpc) is 2.53. The van der Waals surface area contributed by atoms with Crippen molar-refractivity contribution in [3.8, 4) is 0 Å². The summed E-state index contributed by atoms with van der Waals surface area (Å²) in [6.07, 6.45) is 1.03. The second kappa shape index (κ2) is 2.29. The van der Waals surface area contributed by atoms with Crippen LogP contribution in [0, 0.1) is 18.3 Å². The zero-order valence-corrected chi connectivity index (χ0v) is 9.22. The summed E-state index contributed by atoms with van der Waals surface area (Å²) in [5.41, 5.74) is 4.19. The van der Waals surface area contributed by atoms with E-state index in [2.05, 4.69) is 18.8 Å². The van der Waals surface area contributed by atoms with Gasteiger partial charge in [0.15, 0.2) is 0 Å². The summed E-state index contributed by atoms with van der Waals surface area (Å²) in [5, 5.41) is 9.02. The third kappa shape index (κ3) is 0.887. The molecule has 0 amide bonds. The minimum atomic E-state index is -0.836. The number of aromatic nitrogens is 1. The summed E-state index contributed by atoms with van der Waals surface area (Å²) in [4.78, 5) is 14.0. The SMILES string of the molecule is Cc1c(C(=O)O)[nH]c2c1[C@H]1[C@@H](C2)C1(C)C. The van der Waals surface area contributed by atoms with Crippen LogP contribution in [0.2, 0.25) is 0 Å². The largest absolute Gasteiger partial charge is 0.477 e. The fraction of sp³-hybridized carbons (Fsp3) is 0.583. The standard InChI is InChI=1S/C12H15NO2/c1-5-8-7(13-10(5)11(14)15)4-6-9(8)12(6,2)3/h6,9,13H,4H2,1-3H3,(H,14,15)/t6-,9-/m1/s1. The molecule has 1 fully saturated rings. The number of hydrogen-bond donors (Lipinski definition) is 2. The average molecular weight is 205 g/mol. The van der Waals surface area contributed by atoms with Crippen LogP contribution in [0.4, 0.5) is 0 Å². The van der Waals surface area contributed by atoms with Crippen LogP contribution in [-0.4, -0.2) is 16.1 Å². The summed E-state index contributed by atoms with van der Waals surface area (Å²) < 4.78 is 0. The highest BCUT2D eigenvalue weighted by molar-refractivity contribution is 5.88. The van der Waals surface area contributed by atoms with E-state index in [0.717, 1.165) is 17.9 Å². The number of aromatic amines is 1. The Morgan fingerprint density at radius 2 is 2.20 bits per heavy atom. The Labute approximate surface area is 88.5 Å². The van der Waals surface area contributed by atoms with Crippen LogP contribution in [0.15, 0.2) is 0 Å². The summed E-state index contributed by atoms with van der Waals surface area (Å²) in [6.45, 7) is 6.48. The molecule has 0 bridgehead atoms. The van der Waals surface area contributed by atoms with Crippen molar-refractivity contribution in [2.45, 2.75) is 33.1 Å². The van der Waals surface area contributed by atoms with E-state index in [-0.39, 0.29) is 0 Å². The Hall–Kier alpha value is -1.25. The topological polar surface area (TPSA) is 53.1 Å². The first kappa shape index (κ1) is 9.01. The second-order valence-electron chi connectivity index (χ2n) is 5.43. The maximum absolute atomic E-state index is 11.0. The summed E-state index contributed by atoms with van der Waals surface area (Å²) in [6, 6.07) is 0. The molecule has 0 saturated heterocycles. The minimum Gasteiger partial charge on any atom is -0.477 e. The number of rotatable bonds is 1. The highest BCUT2D eigenvalue weighted by atomic mass is 16.4. The van der Waals surface area contributed by atoms with E-state index in [1.54, 1.807) is 0 Å². The van der Waals surface area contributed by atoms with Crippen LogP contribution in [0.3, 0.4) is 0 Å². The lowest BCUT2D eigenvalue weighted by molar-refractivity contribution is 0.0690. The first-order valence-electron chi connectivity index (χ1n) is 5.39. The number of hydrogen-bond acceptors (Lipinski definition) is 1. The molecule has 3 nitrogen and oxygen atoms in total. The zero-order valence-electron chi connectivity index (χ0n) is 9.22. The molecule has 2 atom stereocenters. The maximum Gasteiger partial charge on any atom is 0.352 e. The fourth-order valence-electron chi connectivity index (χ4n) is 3.39. The van der Waals surface area contributed by atoms with Crippen molar-refractivity contribution < 1.29 is 9.90 Å². The molecule has 0 unspecified atom stereocenters. The molecule has 1 heterocycles. The second-order valence-corrected chi connectivity index (χ2v) is 5.43. The molecule has 1 aromatic heterocycles. The van der Waals surface area contributed by atoms with Gasteiger partial charge < -0.3 is 10.1 Å². The van der Waals surface area contributed by atoms with Gasteiger partial charge in [-0.15, -0.1) is 0 Å². The van der Waals surface area contributed by atoms with Gasteiger partial charge >= 0.3 is 5.97 Å². The van der Waals surface area contributed by atoms with Gasteiger partial charge in [0, 0.05) is 5.69 Å². The van der Waals surface area contributed by atoms with Crippen molar-refractivity contribution in [1.29, 1.82) is 0 Å². The molecule has 0 aromatic carbocycles. The monoisotopic (exact) mass is 205 g/mol. The first-order valence-corrected chi connectivity index (χ1v) is 5.39. The Kier molecular flexibility index (Phi) is 1.37. The van der Waals surface area contributed by atoms with Crippen molar-refractivity contribution >= 4 is 5.97 Å². The Bertz CT molecular complexity index is 470. The number of aromatic carboxylic acids is 1. The number of fused-ring (bicyclic) bond motifs is 3. The molecule has 3 rings (SSSR count). The molecule has 0 aliphatic heterocycles. The van der Waals surface area contributed by atoms with E-state index in [1.165, 1.54) is 11.3 Å². The molecule has 15 heavy (non-hydrogen) atoms. The maximum atomic E-state index is 11.0. The van der Waals surface area contributed by atoms with Crippen LogP contribution >= 0.6 is 0 Å². The van der Waals surface area contributed by atoms with Crippen LogP contribution in [0.1, 0.15) is 47.1 Å². The van der Waals surface area contributed by atoms with E-state index in [0.29, 0.717) is 17.0 Å². The molecule has 80 valence electrons. The molecule has 0 spiro atoms. The number of carboxylic acids is 1. The zero-order chi connectivity index (χ0) is 11.0. The van der Waals surface area contributed by atoms with Crippen LogP contribution in [0.5, 0.6) is 0 Å². The third-order valence-electron chi connectivity index (χ3n) is 4.38. The van der Waals surface area contributed by atoms with Gasteiger partial charge in [-0.25, -0.2) is 4.79 Å². The van der Waals surface area contributed by atoms with Crippen molar-refractivity contribution in [3.05, 3.63) is 22.5 Å². The van der Waals surface area contributed by atoms with Gasteiger partial charge in [-0.3, -0.25) is 0 Å². The summed E-state index contributed by atoms with van der Waals surface area (Å²) >= 11 is 0. The Morgan fingerprint density at radius 3 is 2.80 bits per heavy atom. The molecule has 2 N–H and O–H groups in total. The van der Waals surface area contributed by atoms with Gasteiger partial charge in [-0.05, 0) is 41.7 Å². The molecule has 1 saturated carbocycles. The Balaban J connectivity index is 2.12. The van der Waals surface area contributed by atoms with E-state index in [1.807, 2.05) is 6.92 Å². The van der Waals surface area contributed by atoms with Crippen molar-refractivity contribution in [2.24, 2.45) is 11.3 Å². The molecular weight excluding hydrogens is 190 g/mol. The molecule has 3 heteroatoms.